The third-order valence-corrected chi connectivity index (χ3v) is 4.48. The van der Waals surface area contributed by atoms with E-state index in [1.165, 1.54) is 4.88 Å². The molecule has 0 radical (unpaired) electrons. The Balaban J connectivity index is 1.97. The Morgan fingerprint density at radius 1 is 1.33 bits per heavy atom. The van der Waals surface area contributed by atoms with Crippen LogP contribution in [-0.2, 0) is 11.3 Å². The Hall–Kier alpha value is -1.33. The van der Waals surface area contributed by atoms with Gasteiger partial charge in [0.2, 0.25) is 0 Å². The predicted molar refractivity (Wildman–Crippen MR) is 89.6 cm³/mol. The summed E-state index contributed by atoms with van der Waals surface area (Å²) < 4.78 is 6.71. The van der Waals surface area contributed by atoms with E-state index in [0.717, 1.165) is 4.47 Å². The molecule has 1 unspecified atom stereocenters. The van der Waals surface area contributed by atoms with Gasteiger partial charge in [-0.15, -0.1) is 11.3 Å². The van der Waals surface area contributed by atoms with Crippen molar-refractivity contribution < 1.29 is 9.53 Å². The van der Waals surface area contributed by atoms with Crippen molar-refractivity contribution in [2.45, 2.75) is 26.5 Å². The lowest BCUT2D eigenvalue weighted by atomic mass is 10.3. The predicted octanol–water partition coefficient (Wildman–Crippen LogP) is 4.33. The first-order valence-electron chi connectivity index (χ1n) is 6.83. The normalized spacial score (nSPS) is 12.0. The number of ether oxygens (including phenoxy) is 1. The number of amides is 1. The van der Waals surface area contributed by atoms with Crippen molar-refractivity contribution in [2.24, 2.45) is 0 Å². The summed E-state index contributed by atoms with van der Waals surface area (Å²) >= 11 is 5.04. The number of benzene rings is 1. The monoisotopic (exact) mass is 367 g/mol. The molecule has 1 heterocycles. The standard InChI is InChI=1S/C16H18BrNO2S/c1-3-18(11-15-5-4-10-21-15)16(19)12(2)20-14-8-6-13(17)7-9-14/h4-10,12H,3,11H2,1-2H3. The van der Waals surface area contributed by atoms with Gasteiger partial charge in [0.25, 0.3) is 5.91 Å². The van der Waals surface area contributed by atoms with Crippen molar-refractivity contribution in [2.75, 3.05) is 6.54 Å². The van der Waals surface area contributed by atoms with E-state index in [2.05, 4.69) is 15.9 Å². The Bertz CT molecular complexity index is 568. The summed E-state index contributed by atoms with van der Waals surface area (Å²) in [5.74, 6) is 0.708. The van der Waals surface area contributed by atoms with E-state index >= 15 is 0 Å². The van der Waals surface area contributed by atoms with E-state index in [1.54, 1.807) is 18.3 Å². The summed E-state index contributed by atoms with van der Waals surface area (Å²) in [7, 11) is 0. The Morgan fingerprint density at radius 3 is 2.62 bits per heavy atom. The van der Waals surface area contributed by atoms with Gasteiger partial charge in [0.15, 0.2) is 6.10 Å². The zero-order valence-corrected chi connectivity index (χ0v) is 14.5. The molecule has 0 bridgehead atoms. The Morgan fingerprint density at radius 2 is 2.05 bits per heavy atom. The minimum Gasteiger partial charge on any atom is -0.481 e. The molecule has 1 aromatic carbocycles. The number of hydrogen-bond acceptors (Lipinski definition) is 3. The Kier molecular flexibility index (Phi) is 5.82. The van der Waals surface area contributed by atoms with Crippen LogP contribution < -0.4 is 4.74 Å². The highest BCUT2D eigenvalue weighted by Gasteiger charge is 2.21. The highest BCUT2D eigenvalue weighted by atomic mass is 79.9. The van der Waals surface area contributed by atoms with Crippen molar-refractivity contribution in [3.05, 3.63) is 51.1 Å². The summed E-state index contributed by atoms with van der Waals surface area (Å²) in [5.41, 5.74) is 0. The number of likely N-dealkylation sites (N-methyl/N-ethyl adjacent to an activating group) is 1. The molecule has 0 saturated carbocycles. The molecule has 0 aliphatic carbocycles. The molecule has 0 N–H and O–H groups in total. The zero-order chi connectivity index (χ0) is 15.2. The van der Waals surface area contributed by atoms with Crippen LogP contribution in [0.1, 0.15) is 18.7 Å². The van der Waals surface area contributed by atoms with E-state index in [1.807, 2.05) is 53.6 Å². The maximum atomic E-state index is 12.5. The maximum absolute atomic E-state index is 12.5. The van der Waals surface area contributed by atoms with E-state index in [0.29, 0.717) is 18.8 Å². The number of hydrogen-bond donors (Lipinski definition) is 0. The fraction of sp³-hybridized carbons (Fsp3) is 0.312. The number of carbonyl (C=O) groups is 1. The van der Waals surface area contributed by atoms with Crippen LogP contribution in [-0.4, -0.2) is 23.5 Å². The van der Waals surface area contributed by atoms with Crippen LogP contribution in [0.4, 0.5) is 0 Å². The van der Waals surface area contributed by atoms with Gasteiger partial charge in [0.05, 0.1) is 6.54 Å². The molecule has 0 fully saturated rings. The third-order valence-electron chi connectivity index (χ3n) is 3.09. The highest BCUT2D eigenvalue weighted by Crippen LogP contribution is 2.18. The van der Waals surface area contributed by atoms with Crippen molar-refractivity contribution in [3.8, 4) is 5.75 Å². The topological polar surface area (TPSA) is 29.5 Å². The first-order chi connectivity index (χ1) is 10.1. The van der Waals surface area contributed by atoms with Crippen LogP contribution in [0.2, 0.25) is 0 Å². The second-order valence-electron chi connectivity index (χ2n) is 4.65. The molecule has 0 spiro atoms. The molecule has 0 saturated heterocycles. The van der Waals surface area contributed by atoms with Crippen LogP contribution in [0.5, 0.6) is 5.75 Å². The average Bonchev–Trinajstić information content (AvgIpc) is 2.99. The van der Waals surface area contributed by atoms with E-state index in [4.69, 9.17) is 4.74 Å². The highest BCUT2D eigenvalue weighted by molar-refractivity contribution is 9.10. The lowest BCUT2D eigenvalue weighted by Crippen LogP contribution is -2.39. The van der Waals surface area contributed by atoms with Crippen molar-refractivity contribution in [1.29, 1.82) is 0 Å². The van der Waals surface area contributed by atoms with Gasteiger partial charge in [-0.25, -0.2) is 0 Å². The summed E-state index contributed by atoms with van der Waals surface area (Å²) in [6.07, 6.45) is -0.494. The van der Waals surface area contributed by atoms with Crippen molar-refractivity contribution >= 4 is 33.2 Å². The summed E-state index contributed by atoms with van der Waals surface area (Å²) in [6.45, 7) is 5.09. The smallest absolute Gasteiger partial charge is 0.263 e. The molecule has 0 aliphatic rings. The fourth-order valence-electron chi connectivity index (χ4n) is 1.96. The van der Waals surface area contributed by atoms with Crippen LogP contribution in [0.3, 0.4) is 0 Å². The third kappa shape index (κ3) is 4.58. The van der Waals surface area contributed by atoms with Gasteiger partial charge in [-0.1, -0.05) is 22.0 Å². The molecular formula is C16H18BrNO2S. The molecular weight excluding hydrogens is 350 g/mol. The van der Waals surface area contributed by atoms with Crippen molar-refractivity contribution in [3.63, 3.8) is 0 Å². The van der Waals surface area contributed by atoms with E-state index in [9.17, 15) is 4.79 Å². The average molecular weight is 368 g/mol. The van der Waals surface area contributed by atoms with Gasteiger partial charge in [0.1, 0.15) is 5.75 Å². The van der Waals surface area contributed by atoms with Gasteiger partial charge in [-0.05, 0) is 49.6 Å². The van der Waals surface area contributed by atoms with Gasteiger partial charge in [-0.3, -0.25) is 4.79 Å². The summed E-state index contributed by atoms with van der Waals surface area (Å²) in [6, 6.07) is 11.5. The lowest BCUT2D eigenvalue weighted by Gasteiger charge is -2.24. The molecule has 3 nitrogen and oxygen atoms in total. The molecule has 0 aliphatic heterocycles. The van der Waals surface area contributed by atoms with Gasteiger partial charge >= 0.3 is 0 Å². The van der Waals surface area contributed by atoms with Crippen molar-refractivity contribution in [1.82, 2.24) is 4.90 Å². The fourth-order valence-corrected chi connectivity index (χ4v) is 2.94. The molecule has 1 atom stereocenters. The second-order valence-corrected chi connectivity index (χ2v) is 6.59. The summed E-state index contributed by atoms with van der Waals surface area (Å²) in [4.78, 5) is 15.5. The quantitative estimate of drug-likeness (QED) is 0.760. The maximum Gasteiger partial charge on any atom is 0.263 e. The van der Waals surface area contributed by atoms with Gasteiger partial charge in [0, 0.05) is 15.9 Å². The zero-order valence-electron chi connectivity index (χ0n) is 12.1. The molecule has 2 aromatic rings. The number of rotatable bonds is 6. The largest absolute Gasteiger partial charge is 0.481 e. The molecule has 1 amide bonds. The molecule has 112 valence electrons. The molecule has 2 rings (SSSR count). The van der Waals surface area contributed by atoms with Gasteiger partial charge < -0.3 is 9.64 Å². The number of thiophene rings is 1. The van der Waals surface area contributed by atoms with Crippen LogP contribution in [0, 0.1) is 0 Å². The van der Waals surface area contributed by atoms with E-state index < -0.39 is 6.10 Å². The first kappa shape index (κ1) is 16.0. The number of halogens is 1. The SMILES string of the molecule is CCN(Cc1cccs1)C(=O)C(C)Oc1ccc(Br)cc1. The molecule has 21 heavy (non-hydrogen) atoms. The second kappa shape index (κ2) is 7.61. The number of nitrogens with zero attached hydrogens (tertiary/aromatic N) is 1. The van der Waals surface area contributed by atoms with Gasteiger partial charge in [-0.2, -0.15) is 0 Å². The lowest BCUT2D eigenvalue weighted by molar-refractivity contribution is -0.138. The minimum absolute atomic E-state index is 0.00817. The minimum atomic E-state index is -0.494. The number of carbonyl (C=O) groups excluding carboxylic acids is 1. The first-order valence-corrected chi connectivity index (χ1v) is 8.50. The van der Waals surface area contributed by atoms with Crippen LogP contribution in [0.15, 0.2) is 46.3 Å². The molecule has 1 aromatic heterocycles. The molecule has 5 heteroatoms. The van der Waals surface area contributed by atoms with Crippen LogP contribution in [0.25, 0.3) is 0 Å². The Labute approximate surface area is 137 Å². The van der Waals surface area contributed by atoms with Crippen LogP contribution >= 0.6 is 27.3 Å². The summed E-state index contributed by atoms with van der Waals surface area (Å²) in [5, 5.41) is 2.02. The van der Waals surface area contributed by atoms with E-state index in [-0.39, 0.29) is 5.91 Å².